The van der Waals surface area contributed by atoms with E-state index in [1.807, 2.05) is 0 Å². The van der Waals surface area contributed by atoms with Gasteiger partial charge in [0.15, 0.2) is 0 Å². The first kappa shape index (κ1) is 29.6. The monoisotopic (exact) mass is 418 g/mol. The normalized spacial score (nSPS) is 10.5. The van der Waals surface area contributed by atoms with Gasteiger partial charge in [-0.3, -0.25) is 9.59 Å². The average Bonchev–Trinajstić information content (AvgIpc) is 2.65. The third-order valence-electron chi connectivity index (χ3n) is 5.20. The summed E-state index contributed by atoms with van der Waals surface area (Å²) in [5, 5.41) is 0. The molecule has 0 saturated carbocycles. The fraction of sp³-hybridized carbons (Fsp3) is 0.917. The van der Waals surface area contributed by atoms with Crippen molar-refractivity contribution in [3.8, 4) is 0 Å². The van der Waals surface area contributed by atoms with Crippen LogP contribution in [0.25, 0.3) is 0 Å². The summed E-state index contributed by atoms with van der Waals surface area (Å²) in [6.45, 7) is 4.47. The molecule has 0 aliphatic rings. The summed E-state index contributed by atoms with van der Waals surface area (Å²) >= 11 is 0. The topological polar surface area (TPSA) is 43.4 Å². The molecular weight excluding hydrogens is 372 g/mol. The molecule has 28 heavy (non-hydrogen) atoms. The van der Waals surface area contributed by atoms with Gasteiger partial charge in [-0.2, -0.15) is 0 Å². The molecular formula is C24H47ClO3. The zero-order valence-electron chi connectivity index (χ0n) is 18.8. The van der Waals surface area contributed by atoms with Crippen LogP contribution in [0.3, 0.4) is 0 Å². The van der Waals surface area contributed by atoms with Crippen molar-refractivity contribution in [1.82, 2.24) is 0 Å². The minimum atomic E-state index is -0.334. The lowest BCUT2D eigenvalue weighted by molar-refractivity contribution is -0.159. The van der Waals surface area contributed by atoms with Gasteiger partial charge in [-0.15, -0.1) is 12.4 Å². The Bertz CT molecular complexity index is 313. The minimum absolute atomic E-state index is 0. The molecule has 0 aromatic carbocycles. The van der Waals surface area contributed by atoms with Gasteiger partial charge in [-0.25, -0.2) is 0 Å². The number of halogens is 1. The highest BCUT2D eigenvalue weighted by Crippen LogP contribution is 2.12. The van der Waals surface area contributed by atoms with Crippen molar-refractivity contribution in [3.05, 3.63) is 0 Å². The van der Waals surface area contributed by atoms with Crippen molar-refractivity contribution >= 4 is 24.3 Å². The number of carbonyl (C=O) groups excluding carboxylic acids is 2. The lowest BCUT2D eigenvalue weighted by Crippen LogP contribution is -2.11. The molecule has 0 aromatic rings. The maximum absolute atomic E-state index is 11.7. The summed E-state index contributed by atoms with van der Waals surface area (Å²) in [7, 11) is 0. The summed E-state index contributed by atoms with van der Waals surface area (Å²) in [5.74, 6) is -0.669. The van der Waals surface area contributed by atoms with E-state index in [0.29, 0.717) is 12.8 Å². The fourth-order valence-electron chi connectivity index (χ4n) is 3.39. The van der Waals surface area contributed by atoms with Crippen molar-refractivity contribution in [2.75, 3.05) is 0 Å². The zero-order valence-corrected chi connectivity index (χ0v) is 19.6. The number of unbranched alkanes of at least 4 members (excludes halogenated alkanes) is 16. The van der Waals surface area contributed by atoms with E-state index in [1.165, 1.54) is 89.9 Å². The Kier molecular flexibility index (Phi) is 25.9. The van der Waals surface area contributed by atoms with Crippen LogP contribution in [0.2, 0.25) is 0 Å². The van der Waals surface area contributed by atoms with E-state index in [2.05, 4.69) is 13.8 Å². The highest BCUT2D eigenvalue weighted by Gasteiger charge is 2.09. The van der Waals surface area contributed by atoms with E-state index in [4.69, 9.17) is 4.74 Å². The average molecular weight is 419 g/mol. The van der Waals surface area contributed by atoms with Gasteiger partial charge in [0.25, 0.3) is 0 Å². The molecule has 0 atom stereocenters. The van der Waals surface area contributed by atoms with Crippen LogP contribution in [-0.4, -0.2) is 11.9 Å². The summed E-state index contributed by atoms with van der Waals surface area (Å²) in [6, 6.07) is 0. The lowest BCUT2D eigenvalue weighted by atomic mass is 10.1. The summed E-state index contributed by atoms with van der Waals surface area (Å²) in [4.78, 5) is 23.4. The molecule has 0 saturated heterocycles. The lowest BCUT2D eigenvalue weighted by Gasteiger charge is -2.04. The SMILES string of the molecule is CCCCCCCCCCCC(=O)OC(=O)CCCCCCCCCCC.Cl. The molecule has 0 heterocycles. The maximum Gasteiger partial charge on any atom is 0.313 e. The van der Waals surface area contributed by atoms with Crippen LogP contribution < -0.4 is 0 Å². The zero-order chi connectivity index (χ0) is 20.0. The molecule has 0 rings (SSSR count). The van der Waals surface area contributed by atoms with Gasteiger partial charge in [-0.05, 0) is 12.8 Å². The number of esters is 2. The Morgan fingerprint density at radius 2 is 0.714 bits per heavy atom. The van der Waals surface area contributed by atoms with Gasteiger partial charge in [0.2, 0.25) is 0 Å². The Morgan fingerprint density at radius 1 is 0.464 bits per heavy atom. The molecule has 0 radical (unpaired) electrons. The van der Waals surface area contributed by atoms with Crippen LogP contribution in [0.1, 0.15) is 142 Å². The van der Waals surface area contributed by atoms with E-state index in [-0.39, 0.29) is 24.3 Å². The number of hydrogen-bond donors (Lipinski definition) is 0. The smallest absolute Gasteiger partial charge is 0.313 e. The molecule has 0 fully saturated rings. The van der Waals surface area contributed by atoms with E-state index < -0.39 is 0 Å². The van der Waals surface area contributed by atoms with Crippen LogP contribution in [0.15, 0.2) is 0 Å². The van der Waals surface area contributed by atoms with E-state index in [1.54, 1.807) is 0 Å². The summed E-state index contributed by atoms with van der Waals surface area (Å²) in [6.07, 6.45) is 22.8. The molecule has 4 heteroatoms. The van der Waals surface area contributed by atoms with E-state index in [0.717, 1.165) is 25.7 Å². The van der Waals surface area contributed by atoms with Gasteiger partial charge >= 0.3 is 11.9 Å². The molecule has 0 aliphatic heterocycles. The van der Waals surface area contributed by atoms with Gasteiger partial charge in [0.1, 0.15) is 0 Å². The fourth-order valence-corrected chi connectivity index (χ4v) is 3.39. The third-order valence-corrected chi connectivity index (χ3v) is 5.20. The highest BCUT2D eigenvalue weighted by molar-refractivity contribution is 5.85. The molecule has 0 bridgehead atoms. The summed E-state index contributed by atoms with van der Waals surface area (Å²) in [5.41, 5.74) is 0. The molecule has 0 N–H and O–H groups in total. The first-order valence-corrected chi connectivity index (χ1v) is 11.9. The molecule has 0 aliphatic carbocycles. The number of ether oxygens (including phenoxy) is 1. The second-order valence-electron chi connectivity index (χ2n) is 8.00. The van der Waals surface area contributed by atoms with E-state index >= 15 is 0 Å². The van der Waals surface area contributed by atoms with Crippen LogP contribution in [-0.2, 0) is 14.3 Å². The Hall–Kier alpha value is -0.570. The van der Waals surface area contributed by atoms with Crippen LogP contribution >= 0.6 is 12.4 Å². The van der Waals surface area contributed by atoms with Crippen molar-refractivity contribution in [1.29, 1.82) is 0 Å². The standard InChI is InChI=1S/C24H46O3.ClH/c1-3-5-7-9-11-13-15-17-19-21-23(25)27-24(26)22-20-18-16-14-12-10-8-6-4-2;/h3-22H2,1-2H3;1H. The summed E-state index contributed by atoms with van der Waals surface area (Å²) < 4.78 is 4.92. The third kappa shape index (κ3) is 23.5. The van der Waals surface area contributed by atoms with Crippen LogP contribution in [0, 0.1) is 0 Å². The maximum atomic E-state index is 11.7. The Morgan fingerprint density at radius 3 is 1.00 bits per heavy atom. The molecule has 0 spiro atoms. The van der Waals surface area contributed by atoms with Crippen molar-refractivity contribution in [2.24, 2.45) is 0 Å². The molecule has 3 nitrogen and oxygen atoms in total. The first-order chi connectivity index (χ1) is 13.2. The Labute approximate surface area is 181 Å². The van der Waals surface area contributed by atoms with Gasteiger partial charge in [-0.1, -0.05) is 117 Å². The second kappa shape index (κ2) is 24.5. The molecule has 0 amide bonds. The number of hydrogen-bond acceptors (Lipinski definition) is 3. The van der Waals surface area contributed by atoms with Crippen molar-refractivity contribution in [3.63, 3.8) is 0 Å². The molecule has 0 unspecified atom stereocenters. The first-order valence-electron chi connectivity index (χ1n) is 11.9. The van der Waals surface area contributed by atoms with Gasteiger partial charge in [0, 0.05) is 12.8 Å². The van der Waals surface area contributed by atoms with Crippen LogP contribution in [0.5, 0.6) is 0 Å². The van der Waals surface area contributed by atoms with Gasteiger partial charge in [0.05, 0.1) is 0 Å². The predicted octanol–water partition coefficient (Wildman–Crippen LogP) is 8.32. The van der Waals surface area contributed by atoms with Crippen LogP contribution in [0.4, 0.5) is 0 Å². The highest BCUT2D eigenvalue weighted by atomic mass is 35.5. The molecule has 0 aromatic heterocycles. The minimum Gasteiger partial charge on any atom is -0.393 e. The number of rotatable bonds is 20. The van der Waals surface area contributed by atoms with Gasteiger partial charge < -0.3 is 4.74 Å². The number of carbonyl (C=O) groups is 2. The molecule has 168 valence electrons. The Balaban J connectivity index is 0. The van der Waals surface area contributed by atoms with Crippen molar-refractivity contribution < 1.29 is 14.3 Å². The second-order valence-corrected chi connectivity index (χ2v) is 8.00. The predicted molar refractivity (Wildman–Crippen MR) is 122 cm³/mol. The van der Waals surface area contributed by atoms with E-state index in [9.17, 15) is 9.59 Å². The largest absolute Gasteiger partial charge is 0.393 e. The quantitative estimate of drug-likeness (QED) is 0.113. The van der Waals surface area contributed by atoms with Crippen molar-refractivity contribution in [2.45, 2.75) is 142 Å².